The first kappa shape index (κ1) is 18.6. The van der Waals surface area contributed by atoms with Gasteiger partial charge in [-0.3, -0.25) is 14.4 Å². The highest BCUT2D eigenvalue weighted by Crippen LogP contribution is 2.30. The van der Waals surface area contributed by atoms with E-state index in [1.807, 2.05) is 25.1 Å². The third-order valence-corrected chi connectivity index (χ3v) is 4.40. The maximum absolute atomic E-state index is 12.6. The van der Waals surface area contributed by atoms with Crippen molar-refractivity contribution >= 4 is 29.1 Å². The second kappa shape index (κ2) is 8.03. The van der Waals surface area contributed by atoms with Crippen LogP contribution in [-0.2, 0) is 9.59 Å². The summed E-state index contributed by atoms with van der Waals surface area (Å²) in [6.45, 7) is 3.33. The molecule has 1 saturated carbocycles. The van der Waals surface area contributed by atoms with Crippen molar-refractivity contribution in [3.05, 3.63) is 59.7 Å². The molecular weight excluding hydrogens is 342 g/mol. The molecule has 0 spiro atoms. The lowest BCUT2D eigenvalue weighted by Gasteiger charge is -2.16. The van der Waals surface area contributed by atoms with Gasteiger partial charge in [-0.2, -0.15) is 0 Å². The molecule has 1 aliphatic carbocycles. The lowest BCUT2D eigenvalue weighted by Crippen LogP contribution is -2.27. The Kier molecular flexibility index (Phi) is 5.54. The molecule has 1 fully saturated rings. The predicted octanol–water partition coefficient (Wildman–Crippen LogP) is 3.48. The van der Waals surface area contributed by atoms with Gasteiger partial charge in [0, 0.05) is 29.8 Å². The zero-order chi connectivity index (χ0) is 19.4. The van der Waals surface area contributed by atoms with Gasteiger partial charge in [0.1, 0.15) is 0 Å². The van der Waals surface area contributed by atoms with Crippen molar-refractivity contribution in [3.63, 3.8) is 0 Å². The molecule has 3 N–H and O–H groups in total. The van der Waals surface area contributed by atoms with Crippen molar-refractivity contribution < 1.29 is 14.4 Å². The van der Waals surface area contributed by atoms with Crippen molar-refractivity contribution in [2.75, 3.05) is 10.6 Å². The van der Waals surface area contributed by atoms with Crippen LogP contribution in [0.15, 0.2) is 48.5 Å². The van der Waals surface area contributed by atoms with Crippen molar-refractivity contribution in [1.82, 2.24) is 5.32 Å². The number of carbonyl (C=O) groups excluding carboxylic acids is 3. The summed E-state index contributed by atoms with van der Waals surface area (Å²) in [5, 5.41) is 8.53. The fourth-order valence-corrected chi connectivity index (χ4v) is 2.78. The summed E-state index contributed by atoms with van der Waals surface area (Å²) in [4.78, 5) is 35.7. The summed E-state index contributed by atoms with van der Waals surface area (Å²) in [5.41, 5.74) is 2.67. The number of amides is 3. The second-order valence-electron chi connectivity index (χ2n) is 6.85. The fourth-order valence-electron chi connectivity index (χ4n) is 2.78. The van der Waals surface area contributed by atoms with Crippen LogP contribution < -0.4 is 16.0 Å². The van der Waals surface area contributed by atoms with E-state index in [-0.39, 0.29) is 29.7 Å². The van der Waals surface area contributed by atoms with Crippen molar-refractivity contribution in [1.29, 1.82) is 0 Å². The van der Waals surface area contributed by atoms with E-state index >= 15 is 0 Å². The Morgan fingerprint density at radius 3 is 2.30 bits per heavy atom. The highest BCUT2D eigenvalue weighted by atomic mass is 16.2. The van der Waals surface area contributed by atoms with Crippen LogP contribution in [0.3, 0.4) is 0 Å². The summed E-state index contributed by atoms with van der Waals surface area (Å²) in [5.74, 6) is -0.252. The standard InChI is InChI=1S/C21H23N3O3/c1-13(16-5-3-7-18(11-16)23-14(2)25)22-21(27)17-6-4-8-19(12-17)24-20(26)15-9-10-15/h3-8,11-13,15H,9-10H2,1-2H3,(H,22,27)(H,23,25)(H,24,26). The molecule has 3 rings (SSSR count). The van der Waals surface area contributed by atoms with E-state index in [4.69, 9.17) is 0 Å². The highest BCUT2D eigenvalue weighted by molar-refractivity contribution is 5.98. The minimum absolute atomic E-state index is 0.00992. The summed E-state index contributed by atoms with van der Waals surface area (Å²) < 4.78 is 0. The smallest absolute Gasteiger partial charge is 0.251 e. The number of carbonyl (C=O) groups is 3. The van der Waals surface area contributed by atoms with Crippen LogP contribution in [0.25, 0.3) is 0 Å². The molecular formula is C21H23N3O3. The first-order valence-corrected chi connectivity index (χ1v) is 9.01. The zero-order valence-corrected chi connectivity index (χ0v) is 15.4. The third-order valence-electron chi connectivity index (χ3n) is 4.40. The zero-order valence-electron chi connectivity index (χ0n) is 15.4. The fraction of sp³-hybridized carbons (Fsp3) is 0.286. The molecule has 140 valence electrons. The summed E-state index contributed by atoms with van der Waals surface area (Å²) in [6, 6.07) is 14.0. The van der Waals surface area contributed by atoms with E-state index in [9.17, 15) is 14.4 Å². The minimum atomic E-state index is -0.240. The van der Waals surface area contributed by atoms with Crippen LogP contribution in [0.2, 0.25) is 0 Å². The Morgan fingerprint density at radius 2 is 1.63 bits per heavy atom. The van der Waals surface area contributed by atoms with Gasteiger partial charge < -0.3 is 16.0 Å². The number of nitrogens with one attached hydrogen (secondary N) is 3. The van der Waals surface area contributed by atoms with Gasteiger partial charge in [-0.15, -0.1) is 0 Å². The summed E-state index contributed by atoms with van der Waals surface area (Å²) >= 11 is 0. The van der Waals surface area contributed by atoms with Gasteiger partial charge in [0.25, 0.3) is 5.91 Å². The molecule has 0 bridgehead atoms. The van der Waals surface area contributed by atoms with E-state index in [1.165, 1.54) is 6.92 Å². The number of rotatable bonds is 6. The summed E-state index contributed by atoms with van der Waals surface area (Å²) in [7, 11) is 0. The molecule has 2 aromatic rings. The molecule has 1 atom stereocenters. The molecule has 6 nitrogen and oxygen atoms in total. The maximum Gasteiger partial charge on any atom is 0.251 e. The van der Waals surface area contributed by atoms with Crippen LogP contribution in [0.4, 0.5) is 11.4 Å². The lowest BCUT2D eigenvalue weighted by molar-refractivity contribution is -0.117. The van der Waals surface area contributed by atoms with Gasteiger partial charge in [0.05, 0.1) is 6.04 Å². The molecule has 2 aromatic carbocycles. The Morgan fingerprint density at radius 1 is 0.963 bits per heavy atom. The molecule has 0 heterocycles. The van der Waals surface area contributed by atoms with Gasteiger partial charge in [-0.25, -0.2) is 0 Å². The first-order valence-electron chi connectivity index (χ1n) is 9.01. The van der Waals surface area contributed by atoms with Gasteiger partial charge in [-0.1, -0.05) is 18.2 Å². The predicted molar refractivity (Wildman–Crippen MR) is 104 cm³/mol. The van der Waals surface area contributed by atoms with Crippen molar-refractivity contribution in [2.24, 2.45) is 5.92 Å². The molecule has 0 aliphatic heterocycles. The van der Waals surface area contributed by atoms with E-state index < -0.39 is 0 Å². The molecule has 6 heteroatoms. The Hall–Kier alpha value is -3.15. The van der Waals surface area contributed by atoms with Crippen LogP contribution >= 0.6 is 0 Å². The van der Waals surface area contributed by atoms with Gasteiger partial charge in [0.15, 0.2) is 0 Å². The number of anilines is 2. The van der Waals surface area contributed by atoms with E-state index in [0.29, 0.717) is 16.9 Å². The lowest BCUT2D eigenvalue weighted by atomic mass is 10.1. The average molecular weight is 365 g/mol. The average Bonchev–Trinajstić information content (AvgIpc) is 3.47. The molecule has 0 radical (unpaired) electrons. The van der Waals surface area contributed by atoms with Crippen molar-refractivity contribution in [2.45, 2.75) is 32.7 Å². The summed E-state index contributed by atoms with van der Waals surface area (Å²) in [6.07, 6.45) is 1.86. The normalized spacial score (nSPS) is 14.1. The van der Waals surface area contributed by atoms with Crippen LogP contribution in [0, 0.1) is 5.92 Å². The van der Waals surface area contributed by atoms with Crippen LogP contribution in [0.1, 0.15) is 48.7 Å². The van der Waals surface area contributed by atoms with Gasteiger partial charge in [-0.05, 0) is 55.7 Å². The maximum atomic E-state index is 12.6. The molecule has 1 aliphatic rings. The number of benzene rings is 2. The Balaban J connectivity index is 1.65. The van der Waals surface area contributed by atoms with Crippen LogP contribution in [-0.4, -0.2) is 17.7 Å². The number of hydrogen-bond donors (Lipinski definition) is 3. The topological polar surface area (TPSA) is 87.3 Å². The Bertz CT molecular complexity index is 874. The largest absolute Gasteiger partial charge is 0.346 e. The third kappa shape index (κ3) is 5.17. The number of hydrogen-bond acceptors (Lipinski definition) is 3. The second-order valence-corrected chi connectivity index (χ2v) is 6.85. The van der Waals surface area contributed by atoms with Gasteiger partial charge in [0.2, 0.25) is 11.8 Å². The van der Waals surface area contributed by atoms with Crippen molar-refractivity contribution in [3.8, 4) is 0 Å². The van der Waals surface area contributed by atoms with E-state index in [0.717, 1.165) is 18.4 Å². The molecule has 3 amide bonds. The molecule has 1 unspecified atom stereocenters. The monoisotopic (exact) mass is 365 g/mol. The highest BCUT2D eigenvalue weighted by Gasteiger charge is 2.29. The van der Waals surface area contributed by atoms with E-state index in [2.05, 4.69) is 16.0 Å². The van der Waals surface area contributed by atoms with Gasteiger partial charge >= 0.3 is 0 Å². The first-order chi connectivity index (χ1) is 12.9. The van der Waals surface area contributed by atoms with E-state index in [1.54, 1.807) is 30.3 Å². The molecule has 27 heavy (non-hydrogen) atoms. The SMILES string of the molecule is CC(=O)Nc1cccc(C(C)NC(=O)c2cccc(NC(=O)C3CC3)c2)c1. The molecule has 0 aromatic heterocycles. The minimum Gasteiger partial charge on any atom is -0.346 e. The van der Waals surface area contributed by atoms with Crippen LogP contribution in [0.5, 0.6) is 0 Å². The molecule has 0 saturated heterocycles. The Labute approximate surface area is 158 Å². The quantitative estimate of drug-likeness (QED) is 0.732.